The van der Waals surface area contributed by atoms with Gasteiger partial charge in [0.15, 0.2) is 0 Å². The summed E-state index contributed by atoms with van der Waals surface area (Å²) in [4.78, 5) is 23.1. The van der Waals surface area contributed by atoms with Gasteiger partial charge in [0.1, 0.15) is 11.5 Å². The number of piperazine rings is 1. The Hall–Kier alpha value is -4.31. The second-order valence-electron chi connectivity index (χ2n) is 8.49. The van der Waals surface area contributed by atoms with E-state index < -0.39 is 0 Å². The maximum atomic E-state index is 4.74. The number of imidazole rings is 1. The van der Waals surface area contributed by atoms with Crippen molar-refractivity contribution in [2.45, 2.75) is 6.92 Å². The van der Waals surface area contributed by atoms with Gasteiger partial charge in [-0.15, -0.1) is 0 Å². The Labute approximate surface area is 202 Å². The quantitative estimate of drug-likeness (QED) is 0.392. The second-order valence-corrected chi connectivity index (χ2v) is 8.49. The zero-order chi connectivity index (χ0) is 23.6. The molecule has 0 amide bonds. The summed E-state index contributed by atoms with van der Waals surface area (Å²) in [7, 11) is 0. The largest absolute Gasteiger partial charge is 0.354 e. The van der Waals surface area contributed by atoms with Crippen molar-refractivity contribution in [2.24, 2.45) is 0 Å². The van der Waals surface area contributed by atoms with Crippen LogP contribution in [0.15, 0.2) is 67.5 Å². The summed E-state index contributed by atoms with van der Waals surface area (Å²) in [6.07, 6.45) is 11.1. The van der Waals surface area contributed by atoms with E-state index in [-0.39, 0.29) is 0 Å². The first-order chi connectivity index (χ1) is 17.3. The summed E-state index contributed by atoms with van der Waals surface area (Å²) < 4.78 is 2.03. The molecule has 0 unspecified atom stereocenters. The van der Waals surface area contributed by atoms with Crippen LogP contribution in [0.5, 0.6) is 0 Å². The van der Waals surface area contributed by atoms with Crippen LogP contribution in [-0.2, 0) is 0 Å². The monoisotopic (exact) mass is 466 g/mol. The molecular weight excluding hydrogens is 440 g/mol. The standard InChI is InChI=1S/C25H26N10/c1-2-33-9-11-34(12-10-33)23-6-4-20(15-27-23)31-25-26-8-7-21(32-25)22-16-28-24-5-3-18(17-35(22)24)19-13-29-30-14-19/h3-8,13-17H,2,9-12H2,1H3,(H,29,30)(H,26,31,32). The summed E-state index contributed by atoms with van der Waals surface area (Å²) >= 11 is 0. The summed E-state index contributed by atoms with van der Waals surface area (Å²) in [6.45, 7) is 7.46. The van der Waals surface area contributed by atoms with Crippen LogP contribution in [0, 0.1) is 0 Å². The van der Waals surface area contributed by atoms with Crippen molar-refractivity contribution in [1.82, 2.24) is 39.4 Å². The van der Waals surface area contributed by atoms with Crippen LogP contribution >= 0.6 is 0 Å². The minimum absolute atomic E-state index is 0.509. The van der Waals surface area contributed by atoms with Crippen LogP contribution in [0.2, 0.25) is 0 Å². The fourth-order valence-electron chi connectivity index (χ4n) is 4.38. The Bertz CT molecular complexity index is 1420. The van der Waals surface area contributed by atoms with Gasteiger partial charge in [-0.2, -0.15) is 5.10 Å². The second kappa shape index (κ2) is 9.15. The van der Waals surface area contributed by atoms with E-state index in [0.29, 0.717) is 5.95 Å². The van der Waals surface area contributed by atoms with Gasteiger partial charge in [-0.25, -0.2) is 19.9 Å². The zero-order valence-electron chi connectivity index (χ0n) is 19.5. The van der Waals surface area contributed by atoms with Crippen LogP contribution in [-0.4, -0.2) is 72.2 Å². The van der Waals surface area contributed by atoms with Crippen LogP contribution in [0.1, 0.15) is 6.92 Å². The number of pyridine rings is 2. The molecule has 1 aliphatic rings. The highest BCUT2D eigenvalue weighted by Gasteiger charge is 2.17. The first kappa shape index (κ1) is 21.2. The molecule has 10 heteroatoms. The van der Waals surface area contributed by atoms with E-state index >= 15 is 0 Å². The predicted molar refractivity (Wildman–Crippen MR) is 136 cm³/mol. The average molecular weight is 467 g/mol. The number of anilines is 3. The zero-order valence-corrected chi connectivity index (χ0v) is 19.5. The first-order valence-electron chi connectivity index (χ1n) is 11.8. The third-order valence-corrected chi connectivity index (χ3v) is 6.40. The molecule has 0 spiro atoms. The van der Waals surface area contributed by atoms with E-state index in [1.165, 1.54) is 0 Å². The van der Waals surface area contributed by atoms with Gasteiger partial charge in [-0.1, -0.05) is 6.92 Å². The van der Waals surface area contributed by atoms with E-state index in [9.17, 15) is 0 Å². The van der Waals surface area contributed by atoms with Gasteiger partial charge in [0.05, 0.1) is 35.7 Å². The van der Waals surface area contributed by atoms with Gasteiger partial charge < -0.3 is 15.1 Å². The molecule has 0 radical (unpaired) electrons. The Kier molecular flexibility index (Phi) is 5.55. The van der Waals surface area contributed by atoms with E-state index in [1.54, 1.807) is 12.4 Å². The molecule has 1 saturated heterocycles. The molecule has 2 N–H and O–H groups in total. The molecular formula is C25H26N10. The lowest BCUT2D eigenvalue weighted by Crippen LogP contribution is -2.46. The van der Waals surface area contributed by atoms with Gasteiger partial charge >= 0.3 is 0 Å². The number of nitrogens with one attached hydrogen (secondary N) is 2. The molecule has 1 fully saturated rings. The predicted octanol–water partition coefficient (Wildman–Crippen LogP) is 3.46. The summed E-state index contributed by atoms with van der Waals surface area (Å²) in [5, 5.41) is 10.2. The highest BCUT2D eigenvalue weighted by molar-refractivity contribution is 5.67. The molecule has 0 saturated carbocycles. The number of hydrogen-bond donors (Lipinski definition) is 2. The number of hydrogen-bond acceptors (Lipinski definition) is 8. The minimum atomic E-state index is 0.509. The van der Waals surface area contributed by atoms with Crippen LogP contribution < -0.4 is 10.2 Å². The molecule has 0 aliphatic carbocycles. The van der Waals surface area contributed by atoms with Crippen molar-refractivity contribution in [2.75, 3.05) is 42.9 Å². The van der Waals surface area contributed by atoms with E-state index in [4.69, 9.17) is 4.98 Å². The number of likely N-dealkylation sites (N-methyl/N-ethyl adjacent to an activating group) is 1. The molecule has 0 aromatic carbocycles. The average Bonchev–Trinajstić information content (AvgIpc) is 3.60. The number of nitrogens with zero attached hydrogens (tertiary/aromatic N) is 8. The molecule has 6 heterocycles. The lowest BCUT2D eigenvalue weighted by molar-refractivity contribution is 0.270. The number of aromatic nitrogens is 7. The molecule has 1 aliphatic heterocycles. The van der Waals surface area contributed by atoms with Gasteiger partial charge in [0, 0.05) is 55.9 Å². The highest BCUT2D eigenvalue weighted by Crippen LogP contribution is 2.25. The van der Waals surface area contributed by atoms with Crippen molar-refractivity contribution in [3.63, 3.8) is 0 Å². The molecule has 176 valence electrons. The van der Waals surface area contributed by atoms with E-state index in [2.05, 4.69) is 53.3 Å². The van der Waals surface area contributed by atoms with Gasteiger partial charge in [-0.3, -0.25) is 9.50 Å². The van der Waals surface area contributed by atoms with Crippen molar-refractivity contribution in [1.29, 1.82) is 0 Å². The summed E-state index contributed by atoms with van der Waals surface area (Å²) in [5.74, 6) is 1.51. The third kappa shape index (κ3) is 4.31. The number of rotatable bonds is 6. The van der Waals surface area contributed by atoms with Crippen molar-refractivity contribution in [3.8, 4) is 22.5 Å². The SMILES string of the molecule is CCN1CCN(c2ccc(Nc3nccc(-c4cnc5ccc(-c6cn[nH]c6)cn45)n3)cn2)CC1. The highest BCUT2D eigenvalue weighted by atomic mass is 15.3. The van der Waals surface area contributed by atoms with Crippen LogP contribution in [0.4, 0.5) is 17.5 Å². The van der Waals surface area contributed by atoms with Crippen LogP contribution in [0.25, 0.3) is 28.2 Å². The Morgan fingerprint density at radius 3 is 2.60 bits per heavy atom. The first-order valence-corrected chi connectivity index (χ1v) is 11.8. The molecule has 10 nitrogen and oxygen atoms in total. The van der Waals surface area contributed by atoms with Crippen LogP contribution in [0.3, 0.4) is 0 Å². The lowest BCUT2D eigenvalue weighted by Gasteiger charge is -2.34. The molecule has 6 rings (SSSR count). The number of aromatic amines is 1. The molecule has 5 aromatic rings. The Balaban J connectivity index is 1.21. The van der Waals surface area contributed by atoms with E-state index in [0.717, 1.165) is 72.4 Å². The van der Waals surface area contributed by atoms with Crippen molar-refractivity contribution < 1.29 is 0 Å². The molecule has 35 heavy (non-hydrogen) atoms. The Morgan fingerprint density at radius 1 is 0.914 bits per heavy atom. The molecule has 0 atom stereocenters. The van der Waals surface area contributed by atoms with Crippen molar-refractivity contribution >= 4 is 23.1 Å². The fraction of sp³-hybridized carbons (Fsp3) is 0.240. The maximum absolute atomic E-state index is 4.74. The molecule has 5 aromatic heterocycles. The normalized spacial score (nSPS) is 14.5. The third-order valence-electron chi connectivity index (χ3n) is 6.40. The minimum Gasteiger partial charge on any atom is -0.354 e. The Morgan fingerprint density at radius 2 is 1.83 bits per heavy atom. The van der Waals surface area contributed by atoms with Gasteiger partial charge in [0.25, 0.3) is 0 Å². The van der Waals surface area contributed by atoms with E-state index in [1.807, 2.05) is 53.5 Å². The smallest absolute Gasteiger partial charge is 0.227 e. The lowest BCUT2D eigenvalue weighted by atomic mass is 10.2. The summed E-state index contributed by atoms with van der Waals surface area (Å²) in [6, 6.07) is 9.98. The van der Waals surface area contributed by atoms with Gasteiger partial charge in [0.2, 0.25) is 5.95 Å². The van der Waals surface area contributed by atoms with Crippen molar-refractivity contribution in [3.05, 3.63) is 67.5 Å². The number of H-pyrrole nitrogens is 1. The summed E-state index contributed by atoms with van der Waals surface area (Å²) in [5.41, 5.74) is 5.41. The van der Waals surface area contributed by atoms with Gasteiger partial charge in [-0.05, 0) is 36.9 Å². The number of fused-ring (bicyclic) bond motifs is 1. The maximum Gasteiger partial charge on any atom is 0.227 e. The molecule has 0 bridgehead atoms. The topological polar surface area (TPSA) is 103 Å². The fourth-order valence-corrected chi connectivity index (χ4v) is 4.38.